The van der Waals surface area contributed by atoms with E-state index in [9.17, 15) is 23.1 Å². The number of benzene rings is 1. The molecule has 0 aliphatic rings. The Hall–Kier alpha value is -3.02. The molecule has 1 aromatic carbocycles. The molecule has 1 unspecified atom stereocenters. The van der Waals surface area contributed by atoms with E-state index in [1.807, 2.05) is 0 Å². The normalized spacial score (nSPS) is 12.4. The van der Waals surface area contributed by atoms with Gasteiger partial charge in [-0.15, -0.1) is 0 Å². The first-order valence-corrected chi connectivity index (χ1v) is 8.99. The molecule has 11 heteroatoms. The highest BCUT2D eigenvalue weighted by Crippen LogP contribution is 2.26. The van der Waals surface area contributed by atoms with Crippen LogP contribution in [0.2, 0.25) is 0 Å². The van der Waals surface area contributed by atoms with E-state index in [-0.39, 0.29) is 29.5 Å². The van der Waals surface area contributed by atoms with Crippen molar-refractivity contribution in [1.82, 2.24) is 10.3 Å². The van der Waals surface area contributed by atoms with E-state index in [0.717, 1.165) is 36.5 Å². The van der Waals surface area contributed by atoms with Gasteiger partial charge in [0, 0.05) is 12.6 Å². The zero-order valence-electron chi connectivity index (χ0n) is 15.4. The highest BCUT2D eigenvalue weighted by Gasteiger charge is 2.20. The maximum absolute atomic E-state index is 14.1. The maximum Gasteiger partial charge on any atom is 0.274 e. The highest BCUT2D eigenvalue weighted by molar-refractivity contribution is 7.80. The fraction of sp³-hybridized carbons (Fsp3) is 0.211. The van der Waals surface area contributed by atoms with Crippen molar-refractivity contribution in [2.45, 2.75) is 12.5 Å². The number of rotatable bonds is 8. The van der Waals surface area contributed by atoms with Gasteiger partial charge >= 0.3 is 0 Å². The number of aliphatic hydroxyl groups is 2. The lowest BCUT2D eigenvalue weighted by molar-refractivity contribution is 0.0742. The Morgan fingerprint density at radius 2 is 1.90 bits per heavy atom. The Kier molecular flexibility index (Phi) is 8.27. The lowest BCUT2D eigenvalue weighted by Crippen LogP contribution is -2.30. The van der Waals surface area contributed by atoms with Crippen LogP contribution in [0.1, 0.15) is 16.9 Å². The standard InChI is InChI=1S/C19H18F3N3O4S/c20-11-2-1-3-12(21)16(11)17-13(22)4-5-14(24-17)18(28)25-15(8-23)19(30)29-7-6-10(27)9-26/h1-5,8,10,26-27H,6-7,9,23H2,(H,25,28). The lowest BCUT2D eigenvalue weighted by atomic mass is 10.1. The highest BCUT2D eigenvalue weighted by atomic mass is 32.1. The summed E-state index contributed by atoms with van der Waals surface area (Å²) in [7, 11) is 0. The van der Waals surface area contributed by atoms with Gasteiger partial charge in [-0.05, 0) is 36.5 Å². The van der Waals surface area contributed by atoms with Gasteiger partial charge in [-0.3, -0.25) is 4.79 Å². The largest absolute Gasteiger partial charge is 0.482 e. The SMILES string of the molecule is NC=C(NC(=O)c1ccc(F)c(-c2c(F)cccc2F)n1)C(=S)OCCC(O)CO. The molecule has 0 radical (unpaired) electrons. The zero-order chi connectivity index (χ0) is 22.3. The Labute approximate surface area is 175 Å². The minimum absolute atomic E-state index is 0.0563. The molecule has 1 aromatic heterocycles. The average Bonchev–Trinajstić information content (AvgIpc) is 2.72. The van der Waals surface area contributed by atoms with Crippen LogP contribution in [-0.4, -0.2) is 45.5 Å². The van der Waals surface area contributed by atoms with Gasteiger partial charge in [0.15, 0.2) is 0 Å². The topological polar surface area (TPSA) is 118 Å². The Morgan fingerprint density at radius 1 is 1.23 bits per heavy atom. The molecular weight excluding hydrogens is 423 g/mol. The molecule has 0 saturated heterocycles. The molecule has 2 aromatic rings. The van der Waals surface area contributed by atoms with Crippen molar-refractivity contribution in [2.75, 3.05) is 13.2 Å². The lowest BCUT2D eigenvalue weighted by Gasteiger charge is -2.13. The molecule has 1 atom stereocenters. The van der Waals surface area contributed by atoms with E-state index in [1.165, 1.54) is 0 Å². The van der Waals surface area contributed by atoms with Crippen LogP contribution in [0.4, 0.5) is 13.2 Å². The first kappa shape index (κ1) is 23.3. The van der Waals surface area contributed by atoms with Crippen molar-refractivity contribution in [3.8, 4) is 11.3 Å². The maximum atomic E-state index is 14.1. The van der Waals surface area contributed by atoms with Gasteiger partial charge in [0.1, 0.15) is 34.5 Å². The molecule has 30 heavy (non-hydrogen) atoms. The molecule has 0 aliphatic heterocycles. The van der Waals surface area contributed by atoms with Crippen molar-refractivity contribution in [3.05, 3.63) is 65.4 Å². The van der Waals surface area contributed by atoms with E-state index in [0.29, 0.717) is 0 Å². The number of carbonyl (C=O) groups excluding carboxylic acids is 1. The van der Waals surface area contributed by atoms with Gasteiger partial charge in [-0.25, -0.2) is 18.2 Å². The molecule has 0 saturated carbocycles. The van der Waals surface area contributed by atoms with Crippen molar-refractivity contribution in [3.63, 3.8) is 0 Å². The van der Waals surface area contributed by atoms with Crippen molar-refractivity contribution >= 4 is 23.2 Å². The monoisotopic (exact) mass is 441 g/mol. The second-order valence-corrected chi connectivity index (χ2v) is 6.29. The number of nitrogens with zero attached hydrogens (tertiary/aromatic N) is 1. The summed E-state index contributed by atoms with van der Waals surface area (Å²) >= 11 is 4.98. The van der Waals surface area contributed by atoms with Crippen LogP contribution in [0.5, 0.6) is 0 Å². The Balaban J connectivity index is 2.18. The zero-order valence-corrected chi connectivity index (χ0v) is 16.3. The third kappa shape index (κ3) is 5.75. The summed E-state index contributed by atoms with van der Waals surface area (Å²) in [5, 5.41) is 20.1. The number of hydrogen-bond acceptors (Lipinski definition) is 7. The number of aromatic nitrogens is 1. The number of thiocarbonyl (C=S) groups is 1. The molecule has 7 nitrogen and oxygen atoms in total. The van der Waals surface area contributed by atoms with Gasteiger partial charge in [0.25, 0.3) is 5.91 Å². The van der Waals surface area contributed by atoms with Crippen LogP contribution in [-0.2, 0) is 4.74 Å². The summed E-state index contributed by atoms with van der Waals surface area (Å²) in [4.78, 5) is 16.2. The van der Waals surface area contributed by atoms with Gasteiger partial charge < -0.3 is 26.0 Å². The number of nitrogens with two attached hydrogens (primary N) is 1. The van der Waals surface area contributed by atoms with Crippen LogP contribution < -0.4 is 11.1 Å². The van der Waals surface area contributed by atoms with Crippen LogP contribution in [0.25, 0.3) is 11.3 Å². The number of pyridine rings is 1. The second-order valence-electron chi connectivity index (χ2n) is 5.92. The minimum atomic E-state index is -1.04. The van der Waals surface area contributed by atoms with Crippen LogP contribution in [0, 0.1) is 17.5 Å². The summed E-state index contributed by atoms with van der Waals surface area (Å²) in [5.41, 5.74) is 3.58. The predicted octanol–water partition coefficient (Wildman–Crippen LogP) is 1.78. The number of nitrogens with one attached hydrogen (secondary N) is 1. The van der Waals surface area contributed by atoms with Gasteiger partial charge in [-0.1, -0.05) is 6.07 Å². The van der Waals surface area contributed by atoms with E-state index in [2.05, 4.69) is 10.3 Å². The molecule has 5 N–H and O–H groups in total. The van der Waals surface area contributed by atoms with E-state index >= 15 is 0 Å². The van der Waals surface area contributed by atoms with Crippen molar-refractivity contribution < 1.29 is 32.9 Å². The average molecular weight is 441 g/mol. The number of ether oxygens (including phenoxy) is 1. The smallest absolute Gasteiger partial charge is 0.274 e. The number of amides is 1. The minimum Gasteiger partial charge on any atom is -0.482 e. The summed E-state index contributed by atoms with van der Waals surface area (Å²) in [6, 6.07) is 4.85. The molecule has 1 heterocycles. The molecule has 1 amide bonds. The molecular formula is C19H18F3N3O4S. The molecule has 160 valence electrons. The molecule has 2 rings (SSSR count). The first-order valence-electron chi connectivity index (χ1n) is 8.58. The number of aliphatic hydroxyl groups excluding tert-OH is 2. The summed E-state index contributed by atoms with van der Waals surface area (Å²) in [5.74, 6) is -3.99. The Bertz CT molecular complexity index is 952. The Morgan fingerprint density at radius 3 is 2.50 bits per heavy atom. The number of hydrogen-bond donors (Lipinski definition) is 4. The van der Waals surface area contributed by atoms with Gasteiger partial charge in [0.2, 0.25) is 5.05 Å². The van der Waals surface area contributed by atoms with E-state index < -0.39 is 47.3 Å². The van der Waals surface area contributed by atoms with Crippen LogP contribution >= 0.6 is 12.2 Å². The molecule has 0 spiro atoms. The first-order chi connectivity index (χ1) is 14.3. The summed E-state index contributed by atoms with van der Waals surface area (Å²) < 4.78 is 47.3. The van der Waals surface area contributed by atoms with Gasteiger partial charge in [-0.2, -0.15) is 0 Å². The quantitative estimate of drug-likeness (QED) is 0.364. The van der Waals surface area contributed by atoms with E-state index in [1.54, 1.807) is 0 Å². The predicted molar refractivity (Wildman–Crippen MR) is 106 cm³/mol. The number of carbonyl (C=O) groups is 1. The third-order valence-corrected chi connectivity index (χ3v) is 4.15. The molecule has 0 fully saturated rings. The molecule has 0 bridgehead atoms. The fourth-order valence-corrected chi connectivity index (χ4v) is 2.47. The van der Waals surface area contributed by atoms with Crippen LogP contribution in [0.15, 0.2) is 42.2 Å². The fourth-order valence-electron chi connectivity index (χ4n) is 2.27. The van der Waals surface area contributed by atoms with Gasteiger partial charge in [0.05, 0.1) is 24.9 Å². The second kappa shape index (κ2) is 10.7. The molecule has 0 aliphatic carbocycles. The number of halogens is 3. The summed E-state index contributed by atoms with van der Waals surface area (Å²) in [6.07, 6.45) is 0.0386. The van der Waals surface area contributed by atoms with Crippen molar-refractivity contribution in [2.24, 2.45) is 5.73 Å². The summed E-state index contributed by atoms with van der Waals surface area (Å²) in [6.45, 7) is -0.507. The van der Waals surface area contributed by atoms with Crippen LogP contribution in [0.3, 0.4) is 0 Å². The van der Waals surface area contributed by atoms with Crippen molar-refractivity contribution in [1.29, 1.82) is 0 Å². The van der Waals surface area contributed by atoms with E-state index in [4.69, 9.17) is 27.8 Å². The third-order valence-electron chi connectivity index (χ3n) is 3.81.